The second-order valence-electron chi connectivity index (χ2n) is 13.6. The highest BCUT2D eigenvalue weighted by Crippen LogP contribution is 2.44. The monoisotopic (exact) mass is 664 g/mol. The average Bonchev–Trinajstić information content (AvgIpc) is 3.95. The minimum absolute atomic E-state index is 0.846. The predicted molar refractivity (Wildman–Crippen MR) is 215 cm³/mol. The van der Waals surface area contributed by atoms with Gasteiger partial charge in [0.05, 0.1) is 27.8 Å². The Morgan fingerprint density at radius 3 is 1.67 bits per heavy atom. The Bertz CT molecular complexity index is 3410. The Morgan fingerprint density at radius 1 is 0.327 bits per heavy atom. The number of furan rings is 2. The zero-order valence-corrected chi connectivity index (χ0v) is 27.9. The molecule has 0 N–H and O–H groups in total. The summed E-state index contributed by atoms with van der Waals surface area (Å²) in [7, 11) is 0. The summed E-state index contributed by atoms with van der Waals surface area (Å²) in [6, 6.07) is 60.4. The fraction of sp³-hybridized carbons (Fsp3) is 0. The van der Waals surface area contributed by atoms with Crippen LogP contribution >= 0.6 is 0 Å². The third kappa shape index (κ3) is 3.65. The van der Waals surface area contributed by atoms with Crippen molar-refractivity contribution >= 4 is 87.5 Å². The van der Waals surface area contributed by atoms with E-state index in [4.69, 9.17) is 8.83 Å². The molecule has 0 bridgehead atoms. The zero-order chi connectivity index (χ0) is 33.9. The van der Waals surface area contributed by atoms with Crippen LogP contribution in [0.5, 0.6) is 0 Å². The van der Waals surface area contributed by atoms with Crippen molar-refractivity contribution in [3.63, 3.8) is 0 Å². The Labute approximate surface area is 296 Å². The van der Waals surface area contributed by atoms with Gasteiger partial charge in [0.1, 0.15) is 22.3 Å². The van der Waals surface area contributed by atoms with Crippen molar-refractivity contribution < 1.29 is 8.83 Å². The lowest BCUT2D eigenvalue weighted by molar-refractivity contribution is 0.668. The standard InChI is InChI=1S/C48H28N2O2/c1-2-12-29(13-3-1)49-40-20-7-4-14-31(40)35-26-27-36-32-15-5-8-21-41(32)50(47(36)46(35)49)30-24-25-39-44(28-30)51-43-23-11-17-34(45(39)43)38-19-10-18-37-33-16-6-9-22-42(33)52-48(37)38/h1-28H. The van der Waals surface area contributed by atoms with Gasteiger partial charge in [-0.1, -0.05) is 115 Å². The molecule has 0 saturated carbocycles. The van der Waals surface area contributed by atoms with Gasteiger partial charge < -0.3 is 18.0 Å². The van der Waals surface area contributed by atoms with Gasteiger partial charge in [-0.15, -0.1) is 0 Å². The fourth-order valence-corrected chi connectivity index (χ4v) is 8.75. The van der Waals surface area contributed by atoms with Crippen molar-refractivity contribution in [1.29, 1.82) is 0 Å². The highest BCUT2D eigenvalue weighted by atomic mass is 16.3. The van der Waals surface area contributed by atoms with Crippen LogP contribution in [0.15, 0.2) is 179 Å². The number of rotatable bonds is 3. The molecule has 0 atom stereocenters. The second kappa shape index (κ2) is 10.3. The third-order valence-corrected chi connectivity index (χ3v) is 10.9. The van der Waals surface area contributed by atoms with Crippen molar-refractivity contribution in [2.45, 2.75) is 0 Å². The summed E-state index contributed by atoms with van der Waals surface area (Å²) >= 11 is 0. The van der Waals surface area contributed by atoms with E-state index in [0.717, 1.165) is 71.9 Å². The maximum atomic E-state index is 6.73. The molecule has 0 aliphatic rings. The van der Waals surface area contributed by atoms with Gasteiger partial charge in [-0.05, 0) is 54.1 Å². The SMILES string of the molecule is c1ccc(-n2c3ccccc3c3ccc4c5ccccc5n(-c5ccc6c(c5)oc5cccc(-c7cccc8c7oc7ccccc78)c56)c4c32)cc1. The number of hydrogen-bond donors (Lipinski definition) is 0. The fourth-order valence-electron chi connectivity index (χ4n) is 8.75. The summed E-state index contributed by atoms with van der Waals surface area (Å²) in [5.41, 5.74) is 12.5. The van der Waals surface area contributed by atoms with Gasteiger partial charge in [0.15, 0.2) is 0 Å². The van der Waals surface area contributed by atoms with E-state index in [-0.39, 0.29) is 0 Å². The summed E-state index contributed by atoms with van der Waals surface area (Å²) in [6.07, 6.45) is 0. The van der Waals surface area contributed by atoms with Crippen LogP contribution in [0.3, 0.4) is 0 Å². The number of para-hydroxylation sites is 5. The van der Waals surface area contributed by atoms with Gasteiger partial charge in [0, 0.05) is 60.4 Å². The summed E-state index contributed by atoms with van der Waals surface area (Å²) in [6.45, 7) is 0. The van der Waals surface area contributed by atoms with Crippen molar-refractivity contribution in [2.75, 3.05) is 0 Å². The van der Waals surface area contributed by atoms with E-state index >= 15 is 0 Å². The molecule has 0 saturated heterocycles. The van der Waals surface area contributed by atoms with Crippen LogP contribution in [0.2, 0.25) is 0 Å². The molecule has 12 rings (SSSR count). The maximum Gasteiger partial charge on any atom is 0.143 e. The normalized spacial score (nSPS) is 12.2. The number of fused-ring (bicyclic) bond motifs is 13. The molecule has 0 unspecified atom stereocenters. The van der Waals surface area contributed by atoms with Crippen LogP contribution in [-0.4, -0.2) is 9.13 Å². The summed E-state index contributed by atoms with van der Waals surface area (Å²) in [5.74, 6) is 0. The van der Waals surface area contributed by atoms with Crippen LogP contribution in [-0.2, 0) is 0 Å². The van der Waals surface area contributed by atoms with Gasteiger partial charge in [-0.2, -0.15) is 0 Å². The molecular weight excluding hydrogens is 637 g/mol. The van der Waals surface area contributed by atoms with Crippen molar-refractivity contribution in [3.05, 3.63) is 170 Å². The van der Waals surface area contributed by atoms with Crippen molar-refractivity contribution in [2.24, 2.45) is 0 Å². The summed E-state index contributed by atoms with van der Waals surface area (Å²) in [5, 5.41) is 9.30. The van der Waals surface area contributed by atoms with Crippen molar-refractivity contribution in [3.8, 4) is 22.5 Å². The first kappa shape index (κ1) is 27.7. The average molecular weight is 665 g/mol. The smallest absolute Gasteiger partial charge is 0.143 e. The first-order valence-electron chi connectivity index (χ1n) is 17.7. The highest BCUT2D eigenvalue weighted by molar-refractivity contribution is 6.24. The lowest BCUT2D eigenvalue weighted by Gasteiger charge is -2.12. The van der Waals surface area contributed by atoms with E-state index in [1.165, 1.54) is 38.1 Å². The topological polar surface area (TPSA) is 36.1 Å². The van der Waals surface area contributed by atoms with Crippen molar-refractivity contribution in [1.82, 2.24) is 9.13 Å². The first-order valence-corrected chi connectivity index (χ1v) is 17.7. The molecule has 0 spiro atoms. The molecule has 4 nitrogen and oxygen atoms in total. The summed E-state index contributed by atoms with van der Waals surface area (Å²) < 4.78 is 18.1. The van der Waals surface area contributed by atoms with Crippen LogP contribution in [0.25, 0.3) is 110 Å². The Kier molecular flexibility index (Phi) is 5.47. The van der Waals surface area contributed by atoms with E-state index in [1.807, 2.05) is 12.1 Å². The number of benzene rings is 8. The van der Waals surface area contributed by atoms with E-state index in [9.17, 15) is 0 Å². The second-order valence-corrected chi connectivity index (χ2v) is 13.6. The lowest BCUT2D eigenvalue weighted by atomic mass is 9.97. The van der Waals surface area contributed by atoms with E-state index in [2.05, 4.69) is 167 Å². The molecule has 0 aliphatic heterocycles. The predicted octanol–water partition coefficient (Wildman–Crippen LogP) is 13.3. The molecule has 0 amide bonds. The molecule has 8 aromatic carbocycles. The van der Waals surface area contributed by atoms with Crippen LogP contribution < -0.4 is 0 Å². The minimum Gasteiger partial charge on any atom is -0.456 e. The molecular formula is C48H28N2O2. The Hall–Kier alpha value is -7.04. The van der Waals surface area contributed by atoms with E-state index in [1.54, 1.807) is 0 Å². The molecule has 4 aromatic heterocycles. The van der Waals surface area contributed by atoms with E-state index in [0.29, 0.717) is 0 Å². The van der Waals surface area contributed by atoms with Gasteiger partial charge in [-0.3, -0.25) is 0 Å². The third-order valence-electron chi connectivity index (χ3n) is 10.9. The van der Waals surface area contributed by atoms with E-state index < -0.39 is 0 Å². The van der Waals surface area contributed by atoms with Gasteiger partial charge in [0.2, 0.25) is 0 Å². The number of hydrogen-bond acceptors (Lipinski definition) is 2. The molecule has 52 heavy (non-hydrogen) atoms. The number of nitrogens with zero attached hydrogens (tertiary/aromatic N) is 2. The van der Waals surface area contributed by atoms with Gasteiger partial charge >= 0.3 is 0 Å². The largest absolute Gasteiger partial charge is 0.456 e. The van der Waals surface area contributed by atoms with Gasteiger partial charge in [0.25, 0.3) is 0 Å². The molecule has 242 valence electrons. The number of aromatic nitrogens is 2. The lowest BCUT2D eigenvalue weighted by Crippen LogP contribution is -1.98. The molecule has 12 aromatic rings. The maximum absolute atomic E-state index is 6.73. The van der Waals surface area contributed by atoms with Crippen LogP contribution in [0.4, 0.5) is 0 Å². The Balaban J connectivity index is 1.16. The molecule has 0 aliphatic carbocycles. The highest BCUT2D eigenvalue weighted by Gasteiger charge is 2.22. The minimum atomic E-state index is 0.846. The molecule has 0 fully saturated rings. The molecule has 4 heteroatoms. The van der Waals surface area contributed by atoms with Gasteiger partial charge in [-0.25, -0.2) is 0 Å². The molecule has 0 radical (unpaired) electrons. The quantitative estimate of drug-likeness (QED) is 0.188. The van der Waals surface area contributed by atoms with Crippen LogP contribution in [0, 0.1) is 0 Å². The molecule has 4 heterocycles. The Morgan fingerprint density at radius 2 is 0.904 bits per heavy atom. The first-order chi connectivity index (χ1) is 25.8. The zero-order valence-electron chi connectivity index (χ0n) is 27.9. The summed E-state index contributed by atoms with van der Waals surface area (Å²) in [4.78, 5) is 0. The van der Waals surface area contributed by atoms with Crippen LogP contribution in [0.1, 0.15) is 0 Å².